The molecule has 4 nitrogen and oxygen atoms in total. The summed E-state index contributed by atoms with van der Waals surface area (Å²) in [6, 6.07) is 3.14. The molecule has 0 aliphatic heterocycles. The van der Waals surface area contributed by atoms with Crippen LogP contribution in [0.2, 0.25) is 5.15 Å². The predicted octanol–water partition coefficient (Wildman–Crippen LogP) is 3.30. The van der Waals surface area contributed by atoms with Crippen molar-refractivity contribution in [1.82, 2.24) is 15.3 Å². The Bertz CT molecular complexity index is 591. The molecule has 6 heteroatoms. The average molecular weight is 296 g/mol. The molecule has 100 valence electrons. The number of nitrogens with zero attached hydrogens (tertiary/aromatic N) is 2. The maximum atomic E-state index is 12.1. The lowest BCUT2D eigenvalue weighted by Gasteiger charge is -2.11. The Hall–Kier alpha value is -1.46. The standard InChI is InChI=1S/C13H14ClN3OS/c1-7-4-10(5-11(14)15-7)12(18)17-9(3)13-16-8(2)6-19-13/h4-6,9H,1-3H3,(H,17,18). The number of hydrogen-bond acceptors (Lipinski definition) is 4. The van der Waals surface area contributed by atoms with E-state index in [1.54, 1.807) is 19.1 Å². The number of thiazole rings is 1. The molecule has 0 saturated heterocycles. The molecule has 2 aromatic rings. The van der Waals surface area contributed by atoms with Crippen LogP contribution in [0.3, 0.4) is 0 Å². The topological polar surface area (TPSA) is 54.9 Å². The Morgan fingerprint density at radius 2 is 2.05 bits per heavy atom. The lowest BCUT2D eigenvalue weighted by Crippen LogP contribution is -2.26. The number of carbonyl (C=O) groups is 1. The SMILES string of the molecule is Cc1cc(C(=O)NC(C)c2nc(C)cs2)cc(Cl)n1. The number of aromatic nitrogens is 2. The first-order valence-corrected chi connectivity index (χ1v) is 7.08. The minimum absolute atomic E-state index is 0.126. The molecule has 1 N–H and O–H groups in total. The fourth-order valence-corrected chi connectivity index (χ4v) is 2.73. The lowest BCUT2D eigenvalue weighted by molar-refractivity contribution is 0.0939. The van der Waals surface area contributed by atoms with Gasteiger partial charge in [-0.1, -0.05) is 11.6 Å². The summed E-state index contributed by atoms with van der Waals surface area (Å²) in [5.41, 5.74) is 2.19. The van der Waals surface area contributed by atoms with Crippen LogP contribution < -0.4 is 5.32 Å². The minimum atomic E-state index is -0.173. The van der Waals surface area contributed by atoms with Crippen LogP contribution in [0, 0.1) is 13.8 Å². The van der Waals surface area contributed by atoms with Gasteiger partial charge in [0, 0.05) is 22.3 Å². The molecule has 2 rings (SSSR count). The van der Waals surface area contributed by atoms with Crippen molar-refractivity contribution in [3.8, 4) is 0 Å². The monoisotopic (exact) mass is 295 g/mol. The third kappa shape index (κ3) is 3.52. The van der Waals surface area contributed by atoms with Crippen LogP contribution in [0.5, 0.6) is 0 Å². The van der Waals surface area contributed by atoms with E-state index in [2.05, 4.69) is 15.3 Å². The smallest absolute Gasteiger partial charge is 0.252 e. The van der Waals surface area contributed by atoms with Crippen LogP contribution in [-0.4, -0.2) is 15.9 Å². The van der Waals surface area contributed by atoms with Gasteiger partial charge < -0.3 is 5.32 Å². The predicted molar refractivity (Wildman–Crippen MR) is 76.7 cm³/mol. The number of carbonyl (C=O) groups excluding carboxylic acids is 1. The molecule has 0 bridgehead atoms. The largest absolute Gasteiger partial charge is 0.343 e. The van der Waals surface area contributed by atoms with Gasteiger partial charge >= 0.3 is 0 Å². The van der Waals surface area contributed by atoms with E-state index in [0.717, 1.165) is 16.4 Å². The van der Waals surface area contributed by atoms with Gasteiger partial charge in [-0.15, -0.1) is 11.3 Å². The number of pyridine rings is 1. The molecule has 0 saturated carbocycles. The highest BCUT2D eigenvalue weighted by Crippen LogP contribution is 2.18. The summed E-state index contributed by atoms with van der Waals surface area (Å²) in [6.45, 7) is 5.64. The van der Waals surface area contributed by atoms with E-state index < -0.39 is 0 Å². The number of amides is 1. The molecule has 0 fully saturated rings. The van der Waals surface area contributed by atoms with Gasteiger partial charge in [0.2, 0.25) is 0 Å². The minimum Gasteiger partial charge on any atom is -0.343 e. The molecule has 1 unspecified atom stereocenters. The zero-order valence-corrected chi connectivity index (χ0v) is 12.5. The number of nitrogens with one attached hydrogen (secondary N) is 1. The van der Waals surface area contributed by atoms with E-state index in [4.69, 9.17) is 11.6 Å². The van der Waals surface area contributed by atoms with Crippen molar-refractivity contribution < 1.29 is 4.79 Å². The highest BCUT2D eigenvalue weighted by atomic mass is 35.5. The van der Waals surface area contributed by atoms with Crippen molar-refractivity contribution in [3.05, 3.63) is 44.6 Å². The van der Waals surface area contributed by atoms with E-state index in [0.29, 0.717) is 10.7 Å². The van der Waals surface area contributed by atoms with Crippen molar-refractivity contribution in [1.29, 1.82) is 0 Å². The summed E-state index contributed by atoms with van der Waals surface area (Å²) in [6.07, 6.45) is 0. The Kier molecular flexibility index (Phi) is 4.17. The molecule has 1 amide bonds. The van der Waals surface area contributed by atoms with Crippen LogP contribution in [-0.2, 0) is 0 Å². The molecule has 0 spiro atoms. The third-order valence-electron chi connectivity index (χ3n) is 2.54. The molecule has 19 heavy (non-hydrogen) atoms. The molecule has 0 aliphatic carbocycles. The summed E-state index contributed by atoms with van der Waals surface area (Å²) in [7, 11) is 0. The molecule has 0 aliphatic rings. The van der Waals surface area contributed by atoms with Gasteiger partial charge in [0.05, 0.1) is 6.04 Å². The molecule has 2 heterocycles. The van der Waals surface area contributed by atoms with E-state index in [1.807, 2.05) is 19.2 Å². The van der Waals surface area contributed by atoms with Gasteiger partial charge in [-0.05, 0) is 32.9 Å². The van der Waals surface area contributed by atoms with Gasteiger partial charge in [-0.25, -0.2) is 9.97 Å². The third-order valence-corrected chi connectivity index (χ3v) is 3.88. The fraction of sp³-hybridized carbons (Fsp3) is 0.308. The molecule has 0 aromatic carbocycles. The van der Waals surface area contributed by atoms with Crippen LogP contribution in [0.4, 0.5) is 0 Å². The Balaban J connectivity index is 2.12. The summed E-state index contributed by atoms with van der Waals surface area (Å²) in [5.74, 6) is -0.173. The van der Waals surface area contributed by atoms with Crippen molar-refractivity contribution in [2.45, 2.75) is 26.8 Å². The molecule has 0 radical (unpaired) electrons. The Morgan fingerprint density at radius 3 is 2.63 bits per heavy atom. The van der Waals surface area contributed by atoms with Crippen molar-refractivity contribution in [3.63, 3.8) is 0 Å². The molecule has 2 aromatic heterocycles. The fourth-order valence-electron chi connectivity index (χ4n) is 1.67. The van der Waals surface area contributed by atoms with E-state index in [-0.39, 0.29) is 11.9 Å². The van der Waals surface area contributed by atoms with Crippen molar-refractivity contribution in [2.75, 3.05) is 0 Å². The first kappa shape index (κ1) is 14.0. The first-order chi connectivity index (χ1) is 8.95. The first-order valence-electron chi connectivity index (χ1n) is 5.83. The van der Waals surface area contributed by atoms with Crippen LogP contribution in [0.25, 0.3) is 0 Å². The van der Waals surface area contributed by atoms with E-state index >= 15 is 0 Å². The number of hydrogen-bond donors (Lipinski definition) is 1. The molecular weight excluding hydrogens is 282 g/mol. The normalized spacial score (nSPS) is 12.2. The number of aryl methyl sites for hydroxylation is 2. The zero-order chi connectivity index (χ0) is 14.0. The highest BCUT2D eigenvalue weighted by Gasteiger charge is 2.14. The lowest BCUT2D eigenvalue weighted by atomic mass is 10.2. The van der Waals surface area contributed by atoms with Gasteiger partial charge in [0.15, 0.2) is 0 Å². The van der Waals surface area contributed by atoms with Gasteiger partial charge in [0.1, 0.15) is 10.2 Å². The summed E-state index contributed by atoms with van der Waals surface area (Å²) in [4.78, 5) is 20.5. The summed E-state index contributed by atoms with van der Waals surface area (Å²) >= 11 is 7.39. The van der Waals surface area contributed by atoms with Gasteiger partial charge in [-0.3, -0.25) is 4.79 Å². The van der Waals surface area contributed by atoms with Gasteiger partial charge in [-0.2, -0.15) is 0 Å². The second-order valence-corrected chi connectivity index (χ2v) is 5.62. The van der Waals surface area contributed by atoms with Crippen LogP contribution in [0.15, 0.2) is 17.5 Å². The van der Waals surface area contributed by atoms with E-state index in [1.165, 1.54) is 11.3 Å². The number of rotatable bonds is 3. The Morgan fingerprint density at radius 1 is 1.32 bits per heavy atom. The highest BCUT2D eigenvalue weighted by molar-refractivity contribution is 7.09. The zero-order valence-electron chi connectivity index (χ0n) is 10.9. The summed E-state index contributed by atoms with van der Waals surface area (Å²) in [5, 5.41) is 6.08. The van der Waals surface area contributed by atoms with Crippen LogP contribution >= 0.6 is 22.9 Å². The van der Waals surface area contributed by atoms with Crippen LogP contribution in [0.1, 0.15) is 39.7 Å². The quantitative estimate of drug-likeness (QED) is 0.884. The molecule has 1 atom stereocenters. The summed E-state index contributed by atoms with van der Waals surface area (Å²) < 4.78 is 0. The van der Waals surface area contributed by atoms with Crippen molar-refractivity contribution >= 4 is 28.8 Å². The average Bonchev–Trinajstić information content (AvgIpc) is 2.74. The van der Waals surface area contributed by atoms with Crippen molar-refractivity contribution in [2.24, 2.45) is 0 Å². The Labute approximate surface area is 120 Å². The number of halogens is 1. The second-order valence-electron chi connectivity index (χ2n) is 4.34. The second kappa shape index (κ2) is 5.67. The maximum absolute atomic E-state index is 12.1. The maximum Gasteiger partial charge on any atom is 0.252 e. The molecular formula is C13H14ClN3OS. The van der Waals surface area contributed by atoms with Gasteiger partial charge in [0.25, 0.3) is 5.91 Å². The van der Waals surface area contributed by atoms with E-state index in [9.17, 15) is 4.79 Å².